The first-order valence-electron chi connectivity index (χ1n) is 9.82. The van der Waals surface area contributed by atoms with Crippen molar-refractivity contribution in [3.63, 3.8) is 0 Å². The van der Waals surface area contributed by atoms with Gasteiger partial charge in [-0.2, -0.15) is 4.31 Å². The van der Waals surface area contributed by atoms with Gasteiger partial charge >= 0.3 is 0 Å². The lowest BCUT2D eigenvalue weighted by Gasteiger charge is -2.22. The number of hydrogen-bond acceptors (Lipinski definition) is 6. The fourth-order valence-corrected chi connectivity index (χ4v) is 5.52. The van der Waals surface area contributed by atoms with E-state index in [1.807, 2.05) is 0 Å². The zero-order valence-corrected chi connectivity index (χ0v) is 20.7. The topological polar surface area (TPSA) is 113 Å². The summed E-state index contributed by atoms with van der Waals surface area (Å²) in [6, 6.07) is 9.19. The maximum absolute atomic E-state index is 13.2. The number of benzene rings is 2. The van der Waals surface area contributed by atoms with Crippen LogP contribution in [0.1, 0.15) is 18.1 Å². The van der Waals surface area contributed by atoms with Crippen LogP contribution in [0.3, 0.4) is 0 Å². The summed E-state index contributed by atoms with van der Waals surface area (Å²) in [6.07, 6.45) is 0. The standard InChI is InChI=1S/C21H29N3O6S2/c1-7-24(32(28,29)20-12-15(2)8-11-19(20)30-6)14-21(25)22-18-13-17(10-9-16(18)3)31(26,27)23(4)5/h8-13H,7,14H2,1-6H3,(H,22,25). The molecule has 0 aromatic heterocycles. The van der Waals surface area contributed by atoms with Crippen LogP contribution in [0, 0.1) is 13.8 Å². The van der Waals surface area contributed by atoms with Crippen LogP contribution in [0.15, 0.2) is 46.2 Å². The molecule has 2 rings (SSSR count). The molecule has 0 aliphatic rings. The van der Waals surface area contributed by atoms with Gasteiger partial charge < -0.3 is 10.1 Å². The number of nitrogens with zero attached hydrogens (tertiary/aromatic N) is 2. The van der Waals surface area contributed by atoms with E-state index in [4.69, 9.17) is 4.74 Å². The van der Waals surface area contributed by atoms with E-state index in [0.29, 0.717) is 11.3 Å². The number of likely N-dealkylation sites (N-methyl/N-ethyl adjacent to an activating group) is 1. The highest BCUT2D eigenvalue weighted by atomic mass is 32.2. The van der Waals surface area contributed by atoms with Crippen molar-refractivity contribution < 1.29 is 26.4 Å². The number of hydrogen-bond donors (Lipinski definition) is 1. The Morgan fingerprint density at radius 3 is 2.22 bits per heavy atom. The molecule has 0 heterocycles. The average molecular weight is 484 g/mol. The highest BCUT2D eigenvalue weighted by Gasteiger charge is 2.29. The molecule has 176 valence electrons. The normalized spacial score (nSPS) is 12.2. The summed E-state index contributed by atoms with van der Waals surface area (Å²) in [5.74, 6) is -0.406. The Balaban J connectivity index is 2.32. The summed E-state index contributed by atoms with van der Waals surface area (Å²) >= 11 is 0. The molecule has 1 amide bonds. The molecule has 1 N–H and O–H groups in total. The Kier molecular flexibility index (Phi) is 8.05. The zero-order valence-electron chi connectivity index (χ0n) is 19.0. The molecule has 32 heavy (non-hydrogen) atoms. The third-order valence-corrected chi connectivity index (χ3v) is 8.62. The van der Waals surface area contributed by atoms with Gasteiger partial charge in [0.1, 0.15) is 10.6 Å². The van der Waals surface area contributed by atoms with E-state index < -0.39 is 32.5 Å². The number of methoxy groups -OCH3 is 1. The van der Waals surface area contributed by atoms with Crippen molar-refractivity contribution >= 4 is 31.6 Å². The highest BCUT2D eigenvalue weighted by molar-refractivity contribution is 7.89. The fourth-order valence-electron chi connectivity index (χ4n) is 2.95. The van der Waals surface area contributed by atoms with Crippen LogP contribution in [-0.4, -0.2) is 65.6 Å². The van der Waals surface area contributed by atoms with Gasteiger partial charge in [0, 0.05) is 26.3 Å². The lowest BCUT2D eigenvalue weighted by atomic mass is 10.2. The number of rotatable bonds is 9. The third kappa shape index (κ3) is 5.47. The van der Waals surface area contributed by atoms with Crippen molar-refractivity contribution in [3.8, 4) is 5.75 Å². The number of aryl methyl sites for hydroxylation is 2. The molecule has 0 saturated carbocycles. The fraction of sp³-hybridized carbons (Fsp3) is 0.381. The highest BCUT2D eigenvalue weighted by Crippen LogP contribution is 2.28. The van der Waals surface area contributed by atoms with Crippen LogP contribution in [-0.2, 0) is 24.8 Å². The monoisotopic (exact) mass is 483 g/mol. The van der Waals surface area contributed by atoms with E-state index in [1.54, 1.807) is 39.0 Å². The van der Waals surface area contributed by atoms with E-state index in [2.05, 4.69) is 5.32 Å². The average Bonchev–Trinajstić information content (AvgIpc) is 2.73. The summed E-state index contributed by atoms with van der Waals surface area (Å²) in [6.45, 7) is 4.72. The lowest BCUT2D eigenvalue weighted by molar-refractivity contribution is -0.116. The second kappa shape index (κ2) is 9.99. The van der Waals surface area contributed by atoms with Crippen LogP contribution in [0.4, 0.5) is 5.69 Å². The van der Waals surface area contributed by atoms with E-state index >= 15 is 0 Å². The number of nitrogens with one attached hydrogen (secondary N) is 1. The second-order valence-electron chi connectivity index (χ2n) is 7.40. The molecule has 0 atom stereocenters. The number of ether oxygens (including phenoxy) is 1. The van der Waals surface area contributed by atoms with E-state index in [0.717, 1.165) is 14.2 Å². The zero-order chi connectivity index (χ0) is 24.3. The summed E-state index contributed by atoms with van der Waals surface area (Å²) in [4.78, 5) is 12.7. The van der Waals surface area contributed by atoms with Crippen LogP contribution in [0.5, 0.6) is 5.75 Å². The summed E-state index contributed by atoms with van der Waals surface area (Å²) < 4.78 is 58.5. The third-order valence-electron chi connectivity index (χ3n) is 4.87. The van der Waals surface area contributed by atoms with Crippen molar-refractivity contribution in [2.75, 3.05) is 39.6 Å². The minimum absolute atomic E-state index is 0.0212. The number of carbonyl (C=O) groups is 1. The predicted octanol–water partition coefficient (Wildman–Crippen LogP) is 2.21. The van der Waals surface area contributed by atoms with Gasteiger partial charge in [-0.15, -0.1) is 0 Å². The Morgan fingerprint density at radius 1 is 1.00 bits per heavy atom. The van der Waals surface area contributed by atoms with E-state index in [9.17, 15) is 21.6 Å². The molecule has 0 unspecified atom stereocenters. The first kappa shape index (κ1) is 25.8. The van der Waals surface area contributed by atoms with Gasteiger partial charge in [0.15, 0.2) is 0 Å². The van der Waals surface area contributed by atoms with Crippen molar-refractivity contribution in [1.82, 2.24) is 8.61 Å². The van der Waals surface area contributed by atoms with Gasteiger partial charge in [-0.3, -0.25) is 4.79 Å². The first-order chi connectivity index (χ1) is 14.8. The van der Waals surface area contributed by atoms with Crippen LogP contribution in [0.25, 0.3) is 0 Å². The number of amides is 1. The molecule has 0 fully saturated rings. The molecule has 2 aromatic rings. The Bertz CT molecular complexity index is 1210. The van der Waals surface area contributed by atoms with Crippen molar-refractivity contribution in [2.24, 2.45) is 0 Å². The minimum atomic E-state index is -4.01. The van der Waals surface area contributed by atoms with Gasteiger partial charge in [0.05, 0.1) is 18.6 Å². The Hall–Kier alpha value is -2.47. The molecular formula is C21H29N3O6S2. The minimum Gasteiger partial charge on any atom is -0.495 e. The van der Waals surface area contributed by atoms with Gasteiger partial charge in [-0.05, 0) is 49.2 Å². The maximum Gasteiger partial charge on any atom is 0.247 e. The Morgan fingerprint density at radius 2 is 1.66 bits per heavy atom. The molecule has 11 heteroatoms. The van der Waals surface area contributed by atoms with Gasteiger partial charge in [-0.25, -0.2) is 21.1 Å². The Labute approximate surface area is 190 Å². The van der Waals surface area contributed by atoms with E-state index in [1.165, 1.54) is 39.4 Å². The number of carbonyl (C=O) groups excluding carboxylic acids is 1. The SMILES string of the molecule is CCN(CC(=O)Nc1cc(S(=O)(=O)N(C)C)ccc1C)S(=O)(=O)c1cc(C)ccc1OC. The molecule has 0 radical (unpaired) electrons. The first-order valence-corrected chi connectivity index (χ1v) is 12.7. The summed E-state index contributed by atoms with van der Waals surface area (Å²) in [5, 5.41) is 2.63. The van der Waals surface area contributed by atoms with Crippen LogP contribution in [0.2, 0.25) is 0 Å². The molecule has 0 bridgehead atoms. The molecule has 0 aliphatic carbocycles. The van der Waals surface area contributed by atoms with Crippen molar-refractivity contribution in [3.05, 3.63) is 47.5 Å². The van der Waals surface area contributed by atoms with E-state index in [-0.39, 0.29) is 22.1 Å². The van der Waals surface area contributed by atoms with Crippen molar-refractivity contribution in [2.45, 2.75) is 30.6 Å². The summed E-state index contributed by atoms with van der Waals surface area (Å²) in [5.41, 5.74) is 1.67. The second-order valence-corrected chi connectivity index (χ2v) is 11.5. The van der Waals surface area contributed by atoms with Gasteiger partial charge in [0.25, 0.3) is 0 Å². The smallest absolute Gasteiger partial charge is 0.247 e. The van der Waals surface area contributed by atoms with Crippen molar-refractivity contribution in [1.29, 1.82) is 0 Å². The van der Waals surface area contributed by atoms with Gasteiger partial charge in [0.2, 0.25) is 26.0 Å². The predicted molar refractivity (Wildman–Crippen MR) is 123 cm³/mol. The largest absolute Gasteiger partial charge is 0.495 e. The summed E-state index contributed by atoms with van der Waals surface area (Å²) in [7, 11) is -3.49. The molecule has 0 saturated heterocycles. The van der Waals surface area contributed by atoms with Crippen LogP contribution < -0.4 is 10.1 Å². The lowest BCUT2D eigenvalue weighted by Crippen LogP contribution is -2.38. The molecular weight excluding hydrogens is 454 g/mol. The number of anilines is 1. The maximum atomic E-state index is 13.2. The van der Waals surface area contributed by atoms with Crippen LogP contribution >= 0.6 is 0 Å². The molecule has 0 spiro atoms. The molecule has 9 nitrogen and oxygen atoms in total. The number of sulfonamides is 2. The quantitative estimate of drug-likeness (QED) is 0.585. The molecule has 0 aliphatic heterocycles. The van der Waals surface area contributed by atoms with Gasteiger partial charge in [-0.1, -0.05) is 19.1 Å². The molecule has 2 aromatic carbocycles.